The zero-order valence-electron chi connectivity index (χ0n) is 17.5. The number of halogens is 2. The molecule has 4 rings (SSSR count). The number of ether oxygens (including phenoxy) is 1. The summed E-state index contributed by atoms with van der Waals surface area (Å²) in [5, 5.41) is 0. The van der Waals surface area contributed by atoms with Crippen LogP contribution in [-0.2, 0) is 26.1 Å². The van der Waals surface area contributed by atoms with Gasteiger partial charge in [-0.25, -0.2) is 32.2 Å². The Morgan fingerprint density at radius 3 is 2.64 bits per heavy atom. The number of sulfonamides is 1. The van der Waals surface area contributed by atoms with Gasteiger partial charge in [-0.3, -0.25) is 4.79 Å². The van der Waals surface area contributed by atoms with E-state index >= 15 is 0 Å². The van der Waals surface area contributed by atoms with E-state index < -0.39 is 27.6 Å². The molecule has 3 aromatic rings. The van der Waals surface area contributed by atoms with Gasteiger partial charge in [-0.1, -0.05) is 0 Å². The van der Waals surface area contributed by atoms with Gasteiger partial charge in [0.1, 0.15) is 11.8 Å². The summed E-state index contributed by atoms with van der Waals surface area (Å²) in [6, 6.07) is 2.47. The Kier molecular flexibility index (Phi) is 6.51. The number of hydrogen-bond donors (Lipinski definition) is 1. The molecule has 3 heterocycles. The summed E-state index contributed by atoms with van der Waals surface area (Å²) in [5.74, 6) is -2.86. The minimum atomic E-state index is -3.97. The van der Waals surface area contributed by atoms with Crippen LogP contribution in [0.25, 0.3) is 11.2 Å². The molecule has 0 atom stereocenters. The zero-order valence-corrected chi connectivity index (χ0v) is 18.3. The number of imidazole rings is 1. The second-order valence-electron chi connectivity index (χ2n) is 7.64. The summed E-state index contributed by atoms with van der Waals surface area (Å²) in [7, 11) is -3.97. The number of nitrogens with two attached hydrogens (primary N) is 1. The van der Waals surface area contributed by atoms with Crippen LogP contribution in [-0.4, -0.2) is 57.9 Å². The SMILES string of the molecule is Nc1ncnc2c1ncn2CCCOC(=O)C1CCN(S(=O)(=O)c2ccc(F)c(F)c2)CC1. The smallest absolute Gasteiger partial charge is 0.309 e. The summed E-state index contributed by atoms with van der Waals surface area (Å²) >= 11 is 0. The lowest BCUT2D eigenvalue weighted by Gasteiger charge is -2.30. The number of aromatic nitrogens is 4. The number of anilines is 1. The highest BCUT2D eigenvalue weighted by molar-refractivity contribution is 7.89. The Balaban J connectivity index is 1.25. The highest BCUT2D eigenvalue weighted by atomic mass is 32.2. The lowest BCUT2D eigenvalue weighted by molar-refractivity contribution is -0.150. The second-order valence-corrected chi connectivity index (χ2v) is 9.58. The van der Waals surface area contributed by atoms with Crippen molar-refractivity contribution in [3.05, 3.63) is 42.5 Å². The molecule has 0 saturated carbocycles. The molecule has 0 bridgehead atoms. The Morgan fingerprint density at radius 1 is 1.15 bits per heavy atom. The summed E-state index contributed by atoms with van der Waals surface area (Å²) in [6.07, 6.45) is 4.05. The zero-order chi connectivity index (χ0) is 23.6. The fourth-order valence-electron chi connectivity index (χ4n) is 3.71. The van der Waals surface area contributed by atoms with Gasteiger partial charge in [0.25, 0.3) is 0 Å². The summed E-state index contributed by atoms with van der Waals surface area (Å²) < 4.78 is 60.2. The predicted octanol–water partition coefficient (Wildman–Crippen LogP) is 1.72. The third-order valence-corrected chi connectivity index (χ3v) is 7.43. The van der Waals surface area contributed by atoms with Crippen LogP contribution in [0.1, 0.15) is 19.3 Å². The Hall–Kier alpha value is -3.19. The van der Waals surface area contributed by atoms with Gasteiger partial charge < -0.3 is 15.0 Å². The number of carbonyl (C=O) groups is 1. The van der Waals surface area contributed by atoms with Crippen LogP contribution >= 0.6 is 0 Å². The molecule has 0 radical (unpaired) electrons. The van der Waals surface area contributed by atoms with Gasteiger partial charge in [0.2, 0.25) is 10.0 Å². The van der Waals surface area contributed by atoms with Gasteiger partial charge in [0, 0.05) is 19.6 Å². The number of benzene rings is 1. The van der Waals surface area contributed by atoms with Gasteiger partial charge in [-0.2, -0.15) is 4.31 Å². The molecule has 0 aliphatic carbocycles. The number of rotatable bonds is 7. The average Bonchev–Trinajstić information content (AvgIpc) is 3.23. The van der Waals surface area contributed by atoms with Crippen LogP contribution in [0, 0.1) is 17.6 Å². The van der Waals surface area contributed by atoms with Crippen molar-refractivity contribution < 1.29 is 26.7 Å². The van der Waals surface area contributed by atoms with Gasteiger partial charge >= 0.3 is 5.97 Å². The number of nitrogen functional groups attached to an aromatic ring is 1. The quantitative estimate of drug-likeness (QED) is 0.399. The highest BCUT2D eigenvalue weighted by Gasteiger charge is 2.33. The van der Waals surface area contributed by atoms with Crippen LogP contribution in [0.3, 0.4) is 0 Å². The van der Waals surface area contributed by atoms with Crippen molar-refractivity contribution in [2.75, 3.05) is 25.4 Å². The monoisotopic (exact) mass is 480 g/mol. The third kappa shape index (κ3) is 4.78. The van der Waals surface area contributed by atoms with E-state index in [1.54, 1.807) is 10.9 Å². The van der Waals surface area contributed by atoms with Crippen LogP contribution < -0.4 is 5.73 Å². The number of hydrogen-bond acceptors (Lipinski definition) is 8. The number of piperidine rings is 1. The summed E-state index contributed by atoms with van der Waals surface area (Å²) in [6.45, 7) is 0.879. The molecule has 176 valence electrons. The molecule has 1 fully saturated rings. The number of fused-ring (bicyclic) bond motifs is 1. The molecule has 2 N–H and O–H groups in total. The van der Waals surface area contributed by atoms with Crippen LogP contribution in [0.5, 0.6) is 0 Å². The molecule has 1 aliphatic rings. The Bertz CT molecular complexity index is 1270. The normalized spacial score (nSPS) is 15.7. The molecule has 1 saturated heterocycles. The fourth-order valence-corrected chi connectivity index (χ4v) is 5.19. The van der Waals surface area contributed by atoms with Crippen LogP contribution in [0.2, 0.25) is 0 Å². The van der Waals surface area contributed by atoms with Crippen molar-refractivity contribution in [1.29, 1.82) is 0 Å². The number of nitrogens with zero attached hydrogens (tertiary/aromatic N) is 5. The molecule has 1 aliphatic heterocycles. The maximum atomic E-state index is 13.4. The van der Waals surface area contributed by atoms with Gasteiger partial charge in [0.15, 0.2) is 23.1 Å². The van der Waals surface area contributed by atoms with Crippen molar-refractivity contribution in [3.8, 4) is 0 Å². The van der Waals surface area contributed by atoms with Gasteiger partial charge in [-0.15, -0.1) is 0 Å². The van der Waals surface area contributed by atoms with Gasteiger partial charge in [-0.05, 0) is 37.5 Å². The van der Waals surface area contributed by atoms with E-state index in [2.05, 4.69) is 15.0 Å². The van der Waals surface area contributed by atoms with Crippen molar-refractivity contribution in [2.24, 2.45) is 5.92 Å². The topological polar surface area (TPSA) is 133 Å². The third-order valence-electron chi connectivity index (χ3n) is 5.53. The van der Waals surface area contributed by atoms with E-state index in [4.69, 9.17) is 10.5 Å². The first kappa shape index (κ1) is 23.0. The molecule has 10 nitrogen and oxygen atoms in total. The Labute approximate surface area is 188 Å². The average molecular weight is 480 g/mol. The number of esters is 1. The maximum Gasteiger partial charge on any atom is 0.309 e. The molecule has 2 aromatic heterocycles. The number of carbonyl (C=O) groups excluding carboxylic acids is 1. The maximum absolute atomic E-state index is 13.4. The van der Waals surface area contributed by atoms with Crippen molar-refractivity contribution in [3.63, 3.8) is 0 Å². The van der Waals surface area contributed by atoms with Gasteiger partial charge in [0.05, 0.1) is 23.7 Å². The molecule has 13 heteroatoms. The molecule has 0 spiro atoms. The molecular weight excluding hydrogens is 458 g/mol. The van der Waals surface area contributed by atoms with Crippen LogP contribution in [0.4, 0.5) is 14.6 Å². The fraction of sp³-hybridized carbons (Fsp3) is 0.400. The predicted molar refractivity (Wildman–Crippen MR) is 113 cm³/mol. The van der Waals surface area contributed by atoms with E-state index in [1.165, 1.54) is 10.6 Å². The largest absolute Gasteiger partial charge is 0.465 e. The minimum Gasteiger partial charge on any atom is -0.465 e. The van der Waals surface area contributed by atoms with E-state index in [0.29, 0.717) is 36.0 Å². The van der Waals surface area contributed by atoms with Crippen LogP contribution in [0.15, 0.2) is 35.7 Å². The van der Waals surface area contributed by atoms with Crippen molar-refractivity contribution >= 4 is 33.0 Å². The van der Waals surface area contributed by atoms with Crippen molar-refractivity contribution in [2.45, 2.75) is 30.7 Å². The van der Waals surface area contributed by atoms with E-state index in [9.17, 15) is 22.0 Å². The summed E-state index contributed by atoms with van der Waals surface area (Å²) in [4.78, 5) is 24.3. The molecule has 0 unspecified atom stereocenters. The lowest BCUT2D eigenvalue weighted by Crippen LogP contribution is -2.40. The summed E-state index contributed by atoms with van der Waals surface area (Å²) in [5.41, 5.74) is 6.87. The standard InChI is InChI=1S/C20H22F2N6O4S/c21-15-3-2-14(10-16(15)22)33(30,31)28-7-4-13(5-8-28)20(29)32-9-1-6-27-12-26-17-18(23)24-11-25-19(17)27/h2-3,10-13H,1,4-9H2,(H2,23,24,25). The number of aryl methyl sites for hydroxylation is 1. The minimum absolute atomic E-state index is 0.0866. The Morgan fingerprint density at radius 2 is 1.91 bits per heavy atom. The first-order valence-electron chi connectivity index (χ1n) is 10.3. The first-order valence-corrected chi connectivity index (χ1v) is 11.7. The molecule has 1 aromatic carbocycles. The van der Waals surface area contributed by atoms with E-state index in [-0.39, 0.29) is 43.4 Å². The van der Waals surface area contributed by atoms with E-state index in [1.807, 2.05) is 0 Å². The van der Waals surface area contributed by atoms with Crippen molar-refractivity contribution in [1.82, 2.24) is 23.8 Å². The first-order chi connectivity index (χ1) is 15.8. The second kappa shape index (κ2) is 9.35. The lowest BCUT2D eigenvalue weighted by atomic mass is 9.98. The molecule has 33 heavy (non-hydrogen) atoms. The highest BCUT2D eigenvalue weighted by Crippen LogP contribution is 2.25. The molecular formula is C20H22F2N6O4S. The van der Waals surface area contributed by atoms with E-state index in [0.717, 1.165) is 12.1 Å². The molecule has 0 amide bonds.